The summed E-state index contributed by atoms with van der Waals surface area (Å²) in [6, 6.07) is 12.0. The maximum Gasteiger partial charge on any atom is 0.242 e. The van der Waals surface area contributed by atoms with Crippen LogP contribution in [0.5, 0.6) is 11.5 Å². The van der Waals surface area contributed by atoms with Crippen molar-refractivity contribution < 1.29 is 14.3 Å². The molecule has 0 atom stereocenters. The van der Waals surface area contributed by atoms with E-state index in [1.807, 2.05) is 12.1 Å². The number of nitrogens with zero attached hydrogens (tertiary/aromatic N) is 5. The summed E-state index contributed by atoms with van der Waals surface area (Å²) in [5, 5.41) is 14.7. The molecule has 4 heterocycles. The van der Waals surface area contributed by atoms with E-state index in [-0.39, 0.29) is 11.0 Å². The Kier molecular flexibility index (Phi) is 5.34. The molecule has 0 aliphatic heterocycles. The van der Waals surface area contributed by atoms with Crippen LogP contribution in [0.25, 0.3) is 39.9 Å². The van der Waals surface area contributed by atoms with Crippen LogP contribution >= 0.6 is 11.6 Å². The molecule has 2 N–H and O–H groups in total. The Morgan fingerprint density at radius 1 is 1.18 bits per heavy atom. The second kappa shape index (κ2) is 8.49. The van der Waals surface area contributed by atoms with Gasteiger partial charge >= 0.3 is 0 Å². The summed E-state index contributed by atoms with van der Waals surface area (Å²) in [4.78, 5) is 28.6. The van der Waals surface area contributed by atoms with Gasteiger partial charge in [0.05, 0.1) is 12.7 Å². The van der Waals surface area contributed by atoms with Crippen LogP contribution in [0.2, 0.25) is 5.28 Å². The van der Waals surface area contributed by atoms with Crippen molar-refractivity contribution in [1.29, 1.82) is 0 Å². The zero-order valence-corrected chi connectivity index (χ0v) is 18.7. The smallest absolute Gasteiger partial charge is 0.242 e. The number of rotatable bonds is 5. The summed E-state index contributed by atoms with van der Waals surface area (Å²) in [5.41, 5.74) is 1.50. The lowest BCUT2D eigenvalue weighted by Crippen LogP contribution is -2.02. The zero-order chi connectivity index (χ0) is 23.8. The second-order valence-corrected chi connectivity index (χ2v) is 7.61. The van der Waals surface area contributed by atoms with Gasteiger partial charge in [-0.25, -0.2) is 19.6 Å². The standard InChI is InChI=1S/C23H17ClN6O4/c1-12-10-16(31)19(32)20(34-12)18-17(13-5-7-14(33-2)8-6-13)27-21(28-18)15-4-3-9-25-22(15)30-11-26-23(24)29-30/h3-11,32H,1-2H3,(H,27,28). The van der Waals surface area contributed by atoms with E-state index in [2.05, 4.69) is 20.1 Å². The molecule has 0 fully saturated rings. The van der Waals surface area contributed by atoms with Gasteiger partial charge < -0.3 is 19.2 Å². The number of halogens is 1. The fourth-order valence-corrected chi connectivity index (χ4v) is 3.63. The number of hydrogen-bond acceptors (Lipinski definition) is 8. The Hall–Kier alpha value is -4.44. The molecule has 170 valence electrons. The molecule has 0 saturated heterocycles. The second-order valence-electron chi connectivity index (χ2n) is 7.27. The number of imidazole rings is 1. The van der Waals surface area contributed by atoms with Crippen molar-refractivity contribution >= 4 is 11.6 Å². The third-order valence-electron chi connectivity index (χ3n) is 5.06. The highest BCUT2D eigenvalue weighted by Gasteiger charge is 2.23. The van der Waals surface area contributed by atoms with Crippen molar-refractivity contribution in [3.8, 4) is 51.4 Å². The number of aromatic amines is 1. The van der Waals surface area contributed by atoms with Crippen LogP contribution in [0.15, 0.2) is 64.2 Å². The molecular formula is C23H17ClN6O4. The number of H-pyrrole nitrogens is 1. The van der Waals surface area contributed by atoms with Crippen LogP contribution in [0.3, 0.4) is 0 Å². The molecule has 0 unspecified atom stereocenters. The van der Waals surface area contributed by atoms with E-state index in [9.17, 15) is 9.90 Å². The van der Waals surface area contributed by atoms with Gasteiger partial charge in [0.15, 0.2) is 11.6 Å². The van der Waals surface area contributed by atoms with E-state index in [1.54, 1.807) is 44.5 Å². The van der Waals surface area contributed by atoms with E-state index in [4.69, 9.17) is 25.7 Å². The molecule has 10 nitrogen and oxygen atoms in total. The molecule has 0 spiro atoms. The van der Waals surface area contributed by atoms with Crippen LogP contribution in [0.4, 0.5) is 0 Å². The molecule has 34 heavy (non-hydrogen) atoms. The third-order valence-corrected chi connectivity index (χ3v) is 5.24. The number of pyridine rings is 1. The van der Waals surface area contributed by atoms with Crippen molar-refractivity contribution in [3.05, 3.63) is 76.3 Å². The largest absolute Gasteiger partial charge is 0.501 e. The lowest BCUT2D eigenvalue weighted by molar-refractivity contribution is 0.415. The molecular weight excluding hydrogens is 460 g/mol. The number of methoxy groups -OCH3 is 1. The molecule has 5 aromatic rings. The van der Waals surface area contributed by atoms with Crippen molar-refractivity contribution in [2.24, 2.45) is 0 Å². The first-order chi connectivity index (χ1) is 16.4. The molecule has 0 saturated carbocycles. The number of nitrogens with one attached hydrogen (secondary N) is 1. The number of aromatic hydroxyl groups is 1. The summed E-state index contributed by atoms with van der Waals surface area (Å²) < 4.78 is 12.4. The first kappa shape index (κ1) is 21.4. The molecule has 4 aromatic heterocycles. The van der Waals surface area contributed by atoms with E-state index < -0.39 is 11.2 Å². The molecule has 0 amide bonds. The lowest BCUT2D eigenvalue weighted by Gasteiger charge is -2.06. The van der Waals surface area contributed by atoms with Crippen LogP contribution < -0.4 is 10.2 Å². The minimum Gasteiger partial charge on any atom is -0.501 e. The topological polar surface area (TPSA) is 132 Å². The average molecular weight is 477 g/mol. The normalized spacial score (nSPS) is 11.0. The Balaban J connectivity index is 1.75. The van der Waals surface area contributed by atoms with Gasteiger partial charge in [-0.05, 0) is 54.9 Å². The number of aromatic nitrogens is 6. The summed E-state index contributed by atoms with van der Waals surface area (Å²) in [6.07, 6.45) is 3.04. The molecule has 0 radical (unpaired) electrons. The van der Waals surface area contributed by atoms with Gasteiger partial charge in [0, 0.05) is 17.8 Å². The van der Waals surface area contributed by atoms with Crippen molar-refractivity contribution in [3.63, 3.8) is 0 Å². The van der Waals surface area contributed by atoms with Gasteiger partial charge in [-0.15, -0.1) is 5.10 Å². The number of benzene rings is 1. The summed E-state index contributed by atoms with van der Waals surface area (Å²) >= 11 is 5.90. The van der Waals surface area contributed by atoms with Gasteiger partial charge in [0.25, 0.3) is 0 Å². The first-order valence-electron chi connectivity index (χ1n) is 10.1. The van der Waals surface area contributed by atoms with Crippen LogP contribution in [0.1, 0.15) is 5.76 Å². The number of ether oxygens (including phenoxy) is 1. The van der Waals surface area contributed by atoms with Gasteiger partial charge in [0.1, 0.15) is 35.0 Å². The van der Waals surface area contributed by atoms with E-state index in [0.29, 0.717) is 45.7 Å². The van der Waals surface area contributed by atoms with Gasteiger partial charge in [-0.3, -0.25) is 4.79 Å². The Morgan fingerprint density at radius 2 is 1.97 bits per heavy atom. The molecule has 5 rings (SSSR count). The Morgan fingerprint density at radius 3 is 2.68 bits per heavy atom. The predicted molar refractivity (Wildman–Crippen MR) is 124 cm³/mol. The summed E-state index contributed by atoms with van der Waals surface area (Å²) in [7, 11) is 1.58. The monoisotopic (exact) mass is 476 g/mol. The highest BCUT2D eigenvalue weighted by Crippen LogP contribution is 2.37. The SMILES string of the molecule is COc1ccc(-c2nc(-c3cccnc3-n3cnc(Cl)n3)[nH]c2-c2oc(C)cc(=O)c2O)cc1. The van der Waals surface area contributed by atoms with Crippen molar-refractivity contribution in [2.45, 2.75) is 6.92 Å². The van der Waals surface area contributed by atoms with Gasteiger partial charge in [-0.1, -0.05) is 0 Å². The van der Waals surface area contributed by atoms with Crippen LogP contribution in [-0.4, -0.2) is 41.9 Å². The van der Waals surface area contributed by atoms with Gasteiger partial charge in [-0.2, -0.15) is 0 Å². The minimum atomic E-state index is -0.560. The maximum atomic E-state index is 12.3. The summed E-state index contributed by atoms with van der Waals surface area (Å²) in [6.45, 7) is 1.63. The lowest BCUT2D eigenvalue weighted by atomic mass is 10.1. The van der Waals surface area contributed by atoms with Crippen LogP contribution in [0, 0.1) is 6.92 Å². The molecule has 0 bridgehead atoms. The molecule has 0 aliphatic carbocycles. The van der Waals surface area contributed by atoms with E-state index in [1.165, 1.54) is 17.1 Å². The Bertz CT molecular complexity index is 1550. The predicted octanol–water partition coefficient (Wildman–Crippen LogP) is 4.02. The fraction of sp³-hybridized carbons (Fsp3) is 0.0870. The minimum absolute atomic E-state index is 0.0243. The fourth-order valence-electron chi connectivity index (χ4n) is 3.51. The number of aryl methyl sites for hydroxylation is 1. The molecule has 0 aliphatic rings. The molecule has 1 aromatic carbocycles. The molecule has 11 heteroatoms. The summed E-state index contributed by atoms with van der Waals surface area (Å²) in [5.74, 6) is 1.30. The van der Waals surface area contributed by atoms with Crippen molar-refractivity contribution in [1.82, 2.24) is 29.7 Å². The van der Waals surface area contributed by atoms with E-state index >= 15 is 0 Å². The zero-order valence-electron chi connectivity index (χ0n) is 18.0. The third kappa shape index (κ3) is 3.80. The maximum absolute atomic E-state index is 12.3. The first-order valence-corrected chi connectivity index (χ1v) is 10.4. The van der Waals surface area contributed by atoms with Crippen molar-refractivity contribution in [2.75, 3.05) is 7.11 Å². The Labute approximate surface area is 197 Å². The average Bonchev–Trinajstić information content (AvgIpc) is 3.48. The highest BCUT2D eigenvalue weighted by atomic mass is 35.5. The van der Waals surface area contributed by atoms with E-state index in [0.717, 1.165) is 0 Å². The highest BCUT2D eigenvalue weighted by molar-refractivity contribution is 6.28. The van der Waals surface area contributed by atoms with Gasteiger partial charge in [0.2, 0.25) is 16.5 Å². The van der Waals surface area contributed by atoms with Crippen LogP contribution in [-0.2, 0) is 0 Å². The number of hydrogen-bond donors (Lipinski definition) is 2. The quantitative estimate of drug-likeness (QED) is 0.388.